The number of rotatable bonds is 6. The number of nitrogens with zero attached hydrogens (tertiary/aromatic N) is 3. The van der Waals surface area contributed by atoms with Crippen LogP contribution in [0.25, 0.3) is 0 Å². The van der Waals surface area contributed by atoms with Crippen LogP contribution in [-0.2, 0) is 6.54 Å². The van der Waals surface area contributed by atoms with Crippen molar-refractivity contribution in [2.45, 2.75) is 13.5 Å². The van der Waals surface area contributed by atoms with E-state index in [1.54, 1.807) is 13.3 Å². The van der Waals surface area contributed by atoms with Crippen molar-refractivity contribution >= 4 is 11.8 Å². The number of ether oxygens (including phenoxy) is 1. The van der Waals surface area contributed by atoms with Gasteiger partial charge < -0.3 is 15.0 Å². The molecule has 1 N–H and O–H groups in total. The molecule has 0 bridgehead atoms. The van der Waals surface area contributed by atoms with E-state index in [0.29, 0.717) is 5.95 Å². The van der Waals surface area contributed by atoms with Crippen LogP contribution in [0.2, 0.25) is 0 Å². The zero-order chi connectivity index (χ0) is 14.4. The zero-order valence-corrected chi connectivity index (χ0v) is 12.1. The largest absolute Gasteiger partial charge is 0.497 e. The fourth-order valence-corrected chi connectivity index (χ4v) is 1.93. The summed E-state index contributed by atoms with van der Waals surface area (Å²) in [6.45, 7) is 3.60. The van der Waals surface area contributed by atoms with E-state index in [1.165, 1.54) is 5.56 Å². The molecule has 0 radical (unpaired) electrons. The smallest absolute Gasteiger partial charge is 0.224 e. The van der Waals surface area contributed by atoms with Gasteiger partial charge in [-0.1, -0.05) is 12.1 Å². The molecule has 1 aromatic heterocycles. The van der Waals surface area contributed by atoms with E-state index in [1.807, 2.05) is 38.2 Å². The Bertz CT molecular complexity index is 559. The maximum atomic E-state index is 5.24. The van der Waals surface area contributed by atoms with Gasteiger partial charge in [-0.05, 0) is 30.7 Å². The first kappa shape index (κ1) is 14.1. The summed E-state index contributed by atoms with van der Waals surface area (Å²) in [5.74, 6) is 2.41. The molecule has 0 unspecified atom stereocenters. The van der Waals surface area contributed by atoms with Crippen molar-refractivity contribution in [1.29, 1.82) is 0 Å². The van der Waals surface area contributed by atoms with E-state index < -0.39 is 0 Å². The maximum absolute atomic E-state index is 5.24. The molecule has 0 atom stereocenters. The Morgan fingerprint density at radius 1 is 1.30 bits per heavy atom. The van der Waals surface area contributed by atoms with Gasteiger partial charge in [0.05, 0.1) is 7.11 Å². The molecule has 0 spiro atoms. The molecule has 1 aromatic carbocycles. The van der Waals surface area contributed by atoms with Crippen LogP contribution in [0.1, 0.15) is 12.5 Å². The number of anilines is 2. The summed E-state index contributed by atoms with van der Waals surface area (Å²) in [6, 6.07) is 9.94. The Balaban J connectivity index is 2.10. The van der Waals surface area contributed by atoms with E-state index in [4.69, 9.17) is 4.74 Å². The first-order chi connectivity index (χ1) is 9.72. The number of nitrogens with one attached hydrogen (secondary N) is 1. The molecular weight excluding hydrogens is 252 g/mol. The molecule has 2 aromatic rings. The Hall–Kier alpha value is -2.30. The lowest BCUT2D eigenvalue weighted by atomic mass is 10.2. The molecule has 106 valence electrons. The molecule has 5 heteroatoms. The minimum Gasteiger partial charge on any atom is -0.497 e. The Kier molecular flexibility index (Phi) is 4.76. The van der Waals surface area contributed by atoms with Crippen LogP contribution in [0.3, 0.4) is 0 Å². The molecule has 0 saturated heterocycles. The van der Waals surface area contributed by atoms with Crippen LogP contribution < -0.4 is 15.0 Å². The van der Waals surface area contributed by atoms with E-state index in [2.05, 4.69) is 26.3 Å². The molecule has 2 rings (SSSR count). The van der Waals surface area contributed by atoms with Crippen LogP contribution in [0.15, 0.2) is 36.5 Å². The molecule has 0 saturated carbocycles. The van der Waals surface area contributed by atoms with Gasteiger partial charge in [0.1, 0.15) is 11.6 Å². The first-order valence-corrected chi connectivity index (χ1v) is 6.64. The SMILES string of the molecule is CCNc1nccc(N(C)Cc2cccc(OC)c2)n1. The van der Waals surface area contributed by atoms with Gasteiger partial charge in [-0.2, -0.15) is 4.98 Å². The molecule has 5 nitrogen and oxygen atoms in total. The highest BCUT2D eigenvalue weighted by molar-refractivity contribution is 5.43. The van der Waals surface area contributed by atoms with Crippen LogP contribution in [0.4, 0.5) is 11.8 Å². The lowest BCUT2D eigenvalue weighted by molar-refractivity contribution is 0.414. The second-order valence-electron chi connectivity index (χ2n) is 4.48. The van der Waals surface area contributed by atoms with Gasteiger partial charge in [0.2, 0.25) is 5.95 Å². The van der Waals surface area contributed by atoms with Crippen molar-refractivity contribution in [3.05, 3.63) is 42.1 Å². The average molecular weight is 272 g/mol. The fraction of sp³-hybridized carbons (Fsp3) is 0.333. The van der Waals surface area contributed by atoms with Gasteiger partial charge in [-0.15, -0.1) is 0 Å². The highest BCUT2D eigenvalue weighted by Gasteiger charge is 2.06. The van der Waals surface area contributed by atoms with Crippen LogP contribution in [-0.4, -0.2) is 30.7 Å². The summed E-state index contributed by atoms with van der Waals surface area (Å²) >= 11 is 0. The van der Waals surface area contributed by atoms with Gasteiger partial charge >= 0.3 is 0 Å². The summed E-state index contributed by atoms with van der Waals surface area (Å²) < 4.78 is 5.24. The van der Waals surface area contributed by atoms with Crippen molar-refractivity contribution in [3.8, 4) is 5.75 Å². The number of hydrogen-bond donors (Lipinski definition) is 1. The van der Waals surface area contributed by atoms with Crippen molar-refractivity contribution in [2.75, 3.05) is 30.9 Å². The van der Waals surface area contributed by atoms with Gasteiger partial charge in [-0.25, -0.2) is 4.98 Å². The molecule has 0 amide bonds. The van der Waals surface area contributed by atoms with E-state index in [0.717, 1.165) is 24.7 Å². The predicted octanol–water partition coefficient (Wildman–Crippen LogP) is 2.55. The molecule has 0 aliphatic heterocycles. The highest BCUT2D eigenvalue weighted by atomic mass is 16.5. The van der Waals surface area contributed by atoms with Crippen LogP contribution in [0.5, 0.6) is 5.75 Å². The van der Waals surface area contributed by atoms with E-state index in [-0.39, 0.29) is 0 Å². The molecule has 1 heterocycles. The average Bonchev–Trinajstić information content (AvgIpc) is 2.48. The minimum atomic E-state index is 0.655. The third-order valence-corrected chi connectivity index (χ3v) is 2.92. The van der Waals surface area contributed by atoms with Crippen LogP contribution >= 0.6 is 0 Å². The standard InChI is InChI=1S/C15H20N4O/c1-4-16-15-17-9-8-14(18-15)19(2)11-12-6-5-7-13(10-12)20-3/h5-10H,4,11H2,1-3H3,(H,16,17,18). The Labute approximate surface area is 119 Å². The quantitative estimate of drug-likeness (QED) is 0.875. The topological polar surface area (TPSA) is 50.3 Å². The summed E-state index contributed by atoms with van der Waals surface area (Å²) in [7, 11) is 3.69. The molecular formula is C15H20N4O. The summed E-state index contributed by atoms with van der Waals surface area (Å²) in [6.07, 6.45) is 1.77. The molecule has 0 fully saturated rings. The molecule has 0 aliphatic carbocycles. The number of hydrogen-bond acceptors (Lipinski definition) is 5. The maximum Gasteiger partial charge on any atom is 0.224 e. The third-order valence-electron chi connectivity index (χ3n) is 2.92. The third kappa shape index (κ3) is 3.60. The van der Waals surface area contributed by atoms with Crippen molar-refractivity contribution in [3.63, 3.8) is 0 Å². The van der Waals surface area contributed by atoms with E-state index >= 15 is 0 Å². The fourth-order valence-electron chi connectivity index (χ4n) is 1.93. The van der Waals surface area contributed by atoms with Gasteiger partial charge in [0.25, 0.3) is 0 Å². The van der Waals surface area contributed by atoms with Crippen molar-refractivity contribution in [1.82, 2.24) is 9.97 Å². The van der Waals surface area contributed by atoms with Crippen LogP contribution in [0, 0.1) is 0 Å². The van der Waals surface area contributed by atoms with Crippen molar-refractivity contribution in [2.24, 2.45) is 0 Å². The predicted molar refractivity (Wildman–Crippen MR) is 81.3 cm³/mol. The Morgan fingerprint density at radius 3 is 2.90 bits per heavy atom. The summed E-state index contributed by atoms with van der Waals surface area (Å²) in [5.41, 5.74) is 1.18. The van der Waals surface area contributed by atoms with Gasteiger partial charge in [0.15, 0.2) is 0 Å². The molecule has 20 heavy (non-hydrogen) atoms. The number of aromatic nitrogens is 2. The second-order valence-corrected chi connectivity index (χ2v) is 4.48. The Morgan fingerprint density at radius 2 is 2.15 bits per heavy atom. The minimum absolute atomic E-state index is 0.655. The lowest BCUT2D eigenvalue weighted by Crippen LogP contribution is -2.18. The monoisotopic (exact) mass is 272 g/mol. The summed E-state index contributed by atoms with van der Waals surface area (Å²) in [4.78, 5) is 10.7. The number of methoxy groups -OCH3 is 1. The highest BCUT2D eigenvalue weighted by Crippen LogP contribution is 2.17. The molecule has 0 aliphatic rings. The number of benzene rings is 1. The van der Waals surface area contributed by atoms with Gasteiger partial charge in [0, 0.05) is 26.3 Å². The lowest BCUT2D eigenvalue weighted by Gasteiger charge is -2.19. The van der Waals surface area contributed by atoms with E-state index in [9.17, 15) is 0 Å². The van der Waals surface area contributed by atoms with Crippen molar-refractivity contribution < 1.29 is 4.74 Å². The summed E-state index contributed by atoms with van der Waals surface area (Å²) in [5, 5.41) is 3.12. The normalized spacial score (nSPS) is 10.2. The first-order valence-electron chi connectivity index (χ1n) is 6.64. The second kappa shape index (κ2) is 6.75. The zero-order valence-electron chi connectivity index (χ0n) is 12.1. The van der Waals surface area contributed by atoms with Gasteiger partial charge in [-0.3, -0.25) is 0 Å².